The first kappa shape index (κ1) is 16.7. The molecule has 1 aromatic carbocycles. The van der Waals surface area contributed by atoms with E-state index in [1.807, 2.05) is 32.0 Å². The lowest BCUT2D eigenvalue weighted by atomic mass is 10.1. The smallest absolute Gasteiger partial charge is 0.237 e. The molecule has 1 fully saturated rings. The first-order valence-corrected chi connectivity index (χ1v) is 8.74. The van der Waals surface area contributed by atoms with Crippen LogP contribution in [0.25, 0.3) is 0 Å². The van der Waals surface area contributed by atoms with Crippen molar-refractivity contribution < 1.29 is 4.79 Å². The number of rotatable bonds is 6. The third-order valence-electron chi connectivity index (χ3n) is 4.85. The molecule has 128 valence electrons. The van der Waals surface area contributed by atoms with Crippen molar-refractivity contribution >= 4 is 5.91 Å². The lowest BCUT2D eigenvalue weighted by molar-refractivity contribution is -0.122. The topological polar surface area (TPSA) is 69.8 Å². The number of aromatic nitrogens is 2. The number of aromatic amines is 1. The standard InChI is InChI=1S/C19H26N4O/c1-13-16(14(2)23-22-13)9-6-12-20-19(24)18-11-10-17(21-18)15-7-4-3-5-8-15/h3-5,7-8,17-18,21H,6,9-12H2,1-2H3,(H,20,24)(H,22,23)/t17-,18-/m1/s1. The zero-order valence-electron chi connectivity index (χ0n) is 14.4. The summed E-state index contributed by atoms with van der Waals surface area (Å²) in [6.07, 6.45) is 3.78. The molecule has 2 atom stereocenters. The molecule has 1 aliphatic rings. The number of hydrogen-bond donors (Lipinski definition) is 3. The van der Waals surface area contributed by atoms with Gasteiger partial charge >= 0.3 is 0 Å². The van der Waals surface area contributed by atoms with Gasteiger partial charge in [-0.1, -0.05) is 30.3 Å². The van der Waals surface area contributed by atoms with E-state index in [1.165, 1.54) is 11.1 Å². The van der Waals surface area contributed by atoms with Crippen LogP contribution in [0.15, 0.2) is 30.3 Å². The maximum atomic E-state index is 12.3. The largest absolute Gasteiger partial charge is 0.355 e. The van der Waals surface area contributed by atoms with Crippen LogP contribution in [-0.2, 0) is 11.2 Å². The van der Waals surface area contributed by atoms with Crippen LogP contribution in [0, 0.1) is 13.8 Å². The zero-order valence-corrected chi connectivity index (χ0v) is 14.4. The van der Waals surface area contributed by atoms with Gasteiger partial charge in [-0.25, -0.2) is 0 Å². The maximum absolute atomic E-state index is 12.3. The van der Waals surface area contributed by atoms with Crippen molar-refractivity contribution in [2.24, 2.45) is 0 Å². The van der Waals surface area contributed by atoms with Gasteiger partial charge in [-0.3, -0.25) is 15.2 Å². The minimum Gasteiger partial charge on any atom is -0.355 e. The summed E-state index contributed by atoms with van der Waals surface area (Å²) in [7, 11) is 0. The molecule has 5 nitrogen and oxygen atoms in total. The highest BCUT2D eigenvalue weighted by molar-refractivity contribution is 5.82. The number of amides is 1. The predicted molar refractivity (Wildman–Crippen MR) is 94.7 cm³/mol. The van der Waals surface area contributed by atoms with E-state index in [1.54, 1.807) is 0 Å². The van der Waals surface area contributed by atoms with Gasteiger partial charge in [-0.05, 0) is 50.7 Å². The van der Waals surface area contributed by atoms with E-state index in [0.29, 0.717) is 6.54 Å². The number of hydrogen-bond acceptors (Lipinski definition) is 3. The van der Waals surface area contributed by atoms with Gasteiger partial charge in [0.25, 0.3) is 0 Å². The SMILES string of the molecule is Cc1n[nH]c(C)c1CCCNC(=O)[C@H]1CC[C@H](c2ccccc2)N1. The number of carbonyl (C=O) groups excluding carboxylic acids is 1. The van der Waals surface area contributed by atoms with Crippen molar-refractivity contribution in [2.75, 3.05) is 6.54 Å². The predicted octanol–water partition coefficient (Wildman–Crippen LogP) is 2.57. The zero-order chi connectivity index (χ0) is 16.9. The van der Waals surface area contributed by atoms with E-state index in [4.69, 9.17) is 0 Å². The molecule has 1 amide bonds. The van der Waals surface area contributed by atoms with Crippen LogP contribution < -0.4 is 10.6 Å². The Labute approximate surface area is 143 Å². The monoisotopic (exact) mass is 326 g/mol. The average molecular weight is 326 g/mol. The highest BCUT2D eigenvalue weighted by Gasteiger charge is 2.29. The van der Waals surface area contributed by atoms with Crippen molar-refractivity contribution in [3.63, 3.8) is 0 Å². The molecule has 1 aromatic heterocycles. The van der Waals surface area contributed by atoms with Crippen LogP contribution in [0.4, 0.5) is 0 Å². The summed E-state index contributed by atoms with van der Waals surface area (Å²) in [5.41, 5.74) is 4.72. The molecule has 1 saturated heterocycles. The van der Waals surface area contributed by atoms with Gasteiger partial charge in [0.1, 0.15) is 0 Å². The van der Waals surface area contributed by atoms with Crippen LogP contribution in [0.1, 0.15) is 47.8 Å². The molecule has 24 heavy (non-hydrogen) atoms. The summed E-state index contributed by atoms with van der Waals surface area (Å²) in [5, 5.41) is 13.7. The van der Waals surface area contributed by atoms with E-state index in [-0.39, 0.29) is 18.0 Å². The molecule has 0 spiro atoms. The molecule has 3 rings (SSSR count). The molecule has 2 aromatic rings. The van der Waals surface area contributed by atoms with Gasteiger partial charge in [0.2, 0.25) is 5.91 Å². The van der Waals surface area contributed by atoms with Gasteiger partial charge in [-0.2, -0.15) is 5.10 Å². The molecule has 1 aliphatic heterocycles. The summed E-state index contributed by atoms with van der Waals surface area (Å²) in [5.74, 6) is 0.120. The van der Waals surface area contributed by atoms with Crippen LogP contribution in [0.5, 0.6) is 0 Å². The van der Waals surface area contributed by atoms with Crippen molar-refractivity contribution in [3.05, 3.63) is 52.8 Å². The number of carbonyl (C=O) groups is 1. The molecule has 0 unspecified atom stereocenters. The van der Waals surface area contributed by atoms with E-state index in [9.17, 15) is 4.79 Å². The fourth-order valence-corrected chi connectivity index (χ4v) is 3.44. The average Bonchev–Trinajstić information content (AvgIpc) is 3.21. The Morgan fingerprint density at radius 2 is 2.04 bits per heavy atom. The van der Waals surface area contributed by atoms with E-state index in [2.05, 4.69) is 33.0 Å². The van der Waals surface area contributed by atoms with E-state index >= 15 is 0 Å². The third kappa shape index (κ3) is 3.85. The summed E-state index contributed by atoms with van der Waals surface area (Å²) in [4.78, 5) is 12.3. The molecule has 0 saturated carbocycles. The fraction of sp³-hybridized carbons (Fsp3) is 0.474. The number of H-pyrrole nitrogens is 1. The Morgan fingerprint density at radius 1 is 1.25 bits per heavy atom. The van der Waals surface area contributed by atoms with Crippen LogP contribution >= 0.6 is 0 Å². The summed E-state index contributed by atoms with van der Waals surface area (Å²) in [6.45, 7) is 4.76. The number of benzene rings is 1. The van der Waals surface area contributed by atoms with Crippen molar-refractivity contribution in [2.45, 2.75) is 51.6 Å². The van der Waals surface area contributed by atoms with Crippen molar-refractivity contribution in [3.8, 4) is 0 Å². The third-order valence-corrected chi connectivity index (χ3v) is 4.85. The van der Waals surface area contributed by atoms with E-state index < -0.39 is 0 Å². The number of nitrogens with one attached hydrogen (secondary N) is 3. The quantitative estimate of drug-likeness (QED) is 0.715. The van der Waals surface area contributed by atoms with Gasteiger partial charge in [0, 0.05) is 18.3 Å². The number of aryl methyl sites for hydroxylation is 2. The van der Waals surface area contributed by atoms with Gasteiger partial charge in [-0.15, -0.1) is 0 Å². The fourth-order valence-electron chi connectivity index (χ4n) is 3.44. The van der Waals surface area contributed by atoms with Crippen molar-refractivity contribution in [1.82, 2.24) is 20.8 Å². The molecule has 0 aliphatic carbocycles. The second kappa shape index (κ2) is 7.62. The Bertz CT molecular complexity index is 660. The first-order valence-electron chi connectivity index (χ1n) is 8.74. The molecule has 2 heterocycles. The molecule has 0 bridgehead atoms. The maximum Gasteiger partial charge on any atom is 0.237 e. The number of nitrogens with zero attached hydrogens (tertiary/aromatic N) is 1. The highest BCUT2D eigenvalue weighted by atomic mass is 16.2. The van der Waals surface area contributed by atoms with Gasteiger partial charge in [0.15, 0.2) is 0 Å². The first-order chi connectivity index (χ1) is 11.6. The van der Waals surface area contributed by atoms with Gasteiger partial charge in [0.05, 0.1) is 11.7 Å². The van der Waals surface area contributed by atoms with Crippen LogP contribution in [0.3, 0.4) is 0 Å². The minimum absolute atomic E-state index is 0.0763. The minimum atomic E-state index is -0.0763. The highest BCUT2D eigenvalue weighted by Crippen LogP contribution is 2.26. The molecular formula is C19H26N4O. The normalized spacial score (nSPS) is 20.2. The van der Waals surface area contributed by atoms with E-state index in [0.717, 1.165) is 37.1 Å². The Kier molecular flexibility index (Phi) is 5.30. The van der Waals surface area contributed by atoms with Crippen molar-refractivity contribution in [1.29, 1.82) is 0 Å². The summed E-state index contributed by atoms with van der Waals surface area (Å²) in [6, 6.07) is 10.6. The lowest BCUT2D eigenvalue weighted by Gasteiger charge is -2.15. The Morgan fingerprint density at radius 3 is 2.75 bits per heavy atom. The Balaban J connectivity index is 1.41. The molecule has 0 radical (unpaired) electrons. The molecular weight excluding hydrogens is 300 g/mol. The van der Waals surface area contributed by atoms with Gasteiger partial charge < -0.3 is 5.32 Å². The lowest BCUT2D eigenvalue weighted by Crippen LogP contribution is -2.41. The van der Waals surface area contributed by atoms with Crippen LogP contribution in [-0.4, -0.2) is 28.7 Å². The summed E-state index contributed by atoms with van der Waals surface area (Å²) < 4.78 is 0. The Hall–Kier alpha value is -2.14. The second-order valence-corrected chi connectivity index (χ2v) is 6.57. The second-order valence-electron chi connectivity index (χ2n) is 6.57. The molecule has 5 heteroatoms. The summed E-state index contributed by atoms with van der Waals surface area (Å²) >= 11 is 0. The molecule has 3 N–H and O–H groups in total. The van der Waals surface area contributed by atoms with Crippen LogP contribution in [0.2, 0.25) is 0 Å².